The molecule has 1 aromatic heterocycles. The number of benzene rings is 1. The van der Waals surface area contributed by atoms with E-state index in [2.05, 4.69) is 64.3 Å². The molecule has 128 valence electrons. The maximum Gasteiger partial charge on any atom is 0.273 e. The predicted octanol–water partition coefficient (Wildman–Crippen LogP) is 4.17. The van der Waals surface area contributed by atoms with Gasteiger partial charge in [0.25, 0.3) is 5.91 Å². The second kappa shape index (κ2) is 6.59. The molecule has 5 nitrogen and oxygen atoms in total. The lowest BCUT2D eigenvalue weighted by atomic mass is 9.95. The van der Waals surface area contributed by atoms with Gasteiger partial charge < -0.3 is 10.1 Å². The maximum absolute atomic E-state index is 12.7. The van der Waals surface area contributed by atoms with E-state index in [0.29, 0.717) is 12.3 Å². The first-order valence-corrected chi connectivity index (χ1v) is 8.96. The second-order valence-corrected chi connectivity index (χ2v) is 7.41. The highest BCUT2D eigenvalue weighted by molar-refractivity contribution is 9.10. The van der Waals surface area contributed by atoms with Gasteiger partial charge in [-0.05, 0) is 41.3 Å². The largest absolute Gasteiger partial charge is 0.493 e. The van der Waals surface area contributed by atoms with E-state index in [4.69, 9.17) is 4.74 Å². The van der Waals surface area contributed by atoms with Crippen LogP contribution in [0.25, 0.3) is 0 Å². The zero-order valence-electron chi connectivity index (χ0n) is 14.4. The zero-order valence-corrected chi connectivity index (χ0v) is 16.0. The number of hydrogen-bond donors (Lipinski definition) is 2. The van der Waals surface area contributed by atoms with Crippen molar-refractivity contribution < 1.29 is 9.53 Å². The lowest BCUT2D eigenvalue weighted by Crippen LogP contribution is -2.32. The molecule has 1 atom stereocenters. The number of carbonyl (C=O) groups excluding carboxylic acids is 1. The van der Waals surface area contributed by atoms with Gasteiger partial charge in [-0.2, -0.15) is 5.10 Å². The quantitative estimate of drug-likeness (QED) is 0.824. The van der Waals surface area contributed by atoms with Gasteiger partial charge in [0.15, 0.2) is 5.69 Å². The van der Waals surface area contributed by atoms with Crippen LogP contribution in [-0.4, -0.2) is 22.7 Å². The SMILES string of the molecule is Cc1cc(C)c2c(c1)C(NC(=O)c1n[nH]c(C(C)C)c1Br)CCO2. The van der Waals surface area contributed by atoms with Gasteiger partial charge in [-0.1, -0.05) is 31.5 Å². The highest BCUT2D eigenvalue weighted by Gasteiger charge is 2.27. The molecule has 0 saturated carbocycles. The Morgan fingerprint density at radius 2 is 2.17 bits per heavy atom. The molecule has 1 aromatic carbocycles. The van der Waals surface area contributed by atoms with E-state index in [-0.39, 0.29) is 17.9 Å². The highest BCUT2D eigenvalue weighted by atomic mass is 79.9. The number of halogens is 1. The Morgan fingerprint density at radius 3 is 2.83 bits per heavy atom. The number of aryl methyl sites for hydroxylation is 2. The van der Waals surface area contributed by atoms with Crippen molar-refractivity contribution in [2.75, 3.05) is 6.61 Å². The van der Waals surface area contributed by atoms with Crippen molar-refractivity contribution in [3.05, 3.63) is 44.7 Å². The molecule has 0 spiro atoms. The number of fused-ring (bicyclic) bond motifs is 1. The first kappa shape index (κ1) is 17.0. The molecule has 0 aliphatic carbocycles. The fraction of sp³-hybridized carbons (Fsp3) is 0.444. The summed E-state index contributed by atoms with van der Waals surface area (Å²) in [6, 6.07) is 4.12. The monoisotopic (exact) mass is 391 g/mol. The van der Waals surface area contributed by atoms with Crippen molar-refractivity contribution in [3.8, 4) is 5.75 Å². The van der Waals surface area contributed by atoms with Crippen LogP contribution in [0.3, 0.4) is 0 Å². The van der Waals surface area contributed by atoms with Gasteiger partial charge in [0.05, 0.1) is 22.8 Å². The number of ether oxygens (including phenoxy) is 1. The molecule has 1 aliphatic heterocycles. The van der Waals surface area contributed by atoms with Gasteiger partial charge >= 0.3 is 0 Å². The Morgan fingerprint density at radius 1 is 1.42 bits per heavy atom. The van der Waals surface area contributed by atoms with Crippen LogP contribution in [0.4, 0.5) is 0 Å². The van der Waals surface area contributed by atoms with E-state index in [1.165, 1.54) is 5.56 Å². The van der Waals surface area contributed by atoms with Crippen molar-refractivity contribution >= 4 is 21.8 Å². The smallest absolute Gasteiger partial charge is 0.273 e. The van der Waals surface area contributed by atoms with E-state index in [9.17, 15) is 4.79 Å². The average molecular weight is 392 g/mol. The molecule has 0 fully saturated rings. The number of nitrogens with zero attached hydrogens (tertiary/aromatic N) is 1. The Kier molecular flexibility index (Phi) is 4.67. The number of aromatic amines is 1. The van der Waals surface area contributed by atoms with Crippen LogP contribution in [0.15, 0.2) is 16.6 Å². The van der Waals surface area contributed by atoms with Gasteiger partial charge in [-0.15, -0.1) is 0 Å². The molecular weight excluding hydrogens is 370 g/mol. The summed E-state index contributed by atoms with van der Waals surface area (Å²) in [6.07, 6.45) is 0.751. The van der Waals surface area contributed by atoms with E-state index in [1.807, 2.05) is 6.92 Å². The lowest BCUT2D eigenvalue weighted by Gasteiger charge is -2.28. The van der Waals surface area contributed by atoms with Crippen LogP contribution >= 0.6 is 15.9 Å². The van der Waals surface area contributed by atoms with Crippen LogP contribution in [-0.2, 0) is 0 Å². The standard InChI is InChI=1S/C18H22BrN3O2/c1-9(2)15-14(19)16(22-21-15)18(23)20-13-5-6-24-17-11(4)7-10(3)8-12(13)17/h7-9,13H,5-6H2,1-4H3,(H,20,23)(H,21,22). The molecule has 3 rings (SSSR count). The minimum Gasteiger partial charge on any atom is -0.493 e. The molecule has 24 heavy (non-hydrogen) atoms. The first-order valence-electron chi connectivity index (χ1n) is 8.17. The van der Waals surface area contributed by atoms with Crippen LogP contribution in [0.5, 0.6) is 5.75 Å². The number of amides is 1. The molecule has 1 aliphatic rings. The minimum atomic E-state index is -0.179. The third-order valence-electron chi connectivity index (χ3n) is 4.31. The summed E-state index contributed by atoms with van der Waals surface area (Å²) in [5, 5.41) is 10.2. The number of rotatable bonds is 3. The average Bonchev–Trinajstić information content (AvgIpc) is 2.90. The number of nitrogens with one attached hydrogen (secondary N) is 2. The fourth-order valence-corrected chi connectivity index (χ4v) is 3.94. The zero-order chi connectivity index (χ0) is 17.4. The number of hydrogen-bond acceptors (Lipinski definition) is 3. The Bertz CT molecular complexity index is 783. The third-order valence-corrected chi connectivity index (χ3v) is 5.11. The minimum absolute atomic E-state index is 0.0639. The summed E-state index contributed by atoms with van der Waals surface area (Å²) in [5.41, 5.74) is 4.64. The van der Waals surface area contributed by atoms with Gasteiger partial charge in [0, 0.05) is 12.0 Å². The van der Waals surface area contributed by atoms with Crippen LogP contribution in [0.2, 0.25) is 0 Å². The summed E-state index contributed by atoms with van der Waals surface area (Å²) < 4.78 is 6.54. The van der Waals surface area contributed by atoms with Crippen LogP contribution in [0, 0.1) is 13.8 Å². The summed E-state index contributed by atoms with van der Waals surface area (Å²) in [4.78, 5) is 12.7. The molecule has 2 heterocycles. The second-order valence-electron chi connectivity index (χ2n) is 6.62. The molecule has 0 radical (unpaired) electrons. The van der Waals surface area contributed by atoms with Crippen LogP contribution < -0.4 is 10.1 Å². The summed E-state index contributed by atoms with van der Waals surface area (Å²) in [5.74, 6) is 0.977. The van der Waals surface area contributed by atoms with Gasteiger partial charge in [0.1, 0.15) is 5.75 Å². The van der Waals surface area contributed by atoms with Crippen molar-refractivity contribution in [1.29, 1.82) is 0 Å². The number of H-pyrrole nitrogens is 1. The van der Waals surface area contributed by atoms with Crippen molar-refractivity contribution in [2.24, 2.45) is 0 Å². The van der Waals surface area contributed by atoms with Gasteiger partial charge in [0.2, 0.25) is 0 Å². The maximum atomic E-state index is 12.7. The molecule has 1 unspecified atom stereocenters. The van der Waals surface area contributed by atoms with Gasteiger partial charge in [-0.25, -0.2) is 0 Å². The topological polar surface area (TPSA) is 67.0 Å². The molecule has 1 amide bonds. The normalized spacial score (nSPS) is 16.7. The van der Waals surface area contributed by atoms with Gasteiger partial charge in [-0.3, -0.25) is 9.89 Å². The summed E-state index contributed by atoms with van der Waals surface area (Å²) in [7, 11) is 0. The van der Waals surface area contributed by atoms with Crippen LogP contribution in [0.1, 0.15) is 65.1 Å². The van der Waals surface area contributed by atoms with E-state index in [1.54, 1.807) is 0 Å². The first-order chi connectivity index (χ1) is 11.4. The van der Waals surface area contributed by atoms with Crippen molar-refractivity contribution in [2.45, 2.75) is 46.1 Å². The Balaban J connectivity index is 1.87. The third kappa shape index (κ3) is 3.07. The molecule has 2 N–H and O–H groups in total. The molecule has 6 heteroatoms. The number of carbonyl (C=O) groups is 1. The molecule has 0 bridgehead atoms. The summed E-state index contributed by atoms with van der Waals surface area (Å²) >= 11 is 3.49. The lowest BCUT2D eigenvalue weighted by molar-refractivity contribution is 0.0918. The fourth-order valence-electron chi connectivity index (χ4n) is 3.13. The van der Waals surface area contributed by atoms with E-state index in [0.717, 1.165) is 33.5 Å². The van der Waals surface area contributed by atoms with E-state index < -0.39 is 0 Å². The Labute approximate surface area is 150 Å². The summed E-state index contributed by atoms with van der Waals surface area (Å²) in [6.45, 7) is 8.80. The Hall–Kier alpha value is -1.82. The van der Waals surface area contributed by atoms with Crippen molar-refractivity contribution in [1.82, 2.24) is 15.5 Å². The molecular formula is C18H22BrN3O2. The highest BCUT2D eigenvalue weighted by Crippen LogP contribution is 2.36. The molecule has 2 aromatic rings. The number of aromatic nitrogens is 2. The predicted molar refractivity (Wildman–Crippen MR) is 96.6 cm³/mol. The van der Waals surface area contributed by atoms with E-state index >= 15 is 0 Å². The van der Waals surface area contributed by atoms with Crippen molar-refractivity contribution in [3.63, 3.8) is 0 Å². The molecule has 0 saturated heterocycles.